The summed E-state index contributed by atoms with van der Waals surface area (Å²) in [5, 5.41) is 0.663. The molecule has 0 N–H and O–H groups in total. The van der Waals surface area contributed by atoms with E-state index in [0.717, 1.165) is 11.1 Å². The van der Waals surface area contributed by atoms with Crippen LogP contribution in [0.4, 0.5) is 0 Å². The summed E-state index contributed by atoms with van der Waals surface area (Å²) in [5.74, 6) is -0.484. The average Bonchev–Trinajstić information content (AvgIpc) is 2.61. The van der Waals surface area contributed by atoms with Crippen LogP contribution >= 0.6 is 11.6 Å². The molecular weight excluding hydrogens is 364 g/mol. The third-order valence-corrected chi connectivity index (χ3v) is 4.93. The van der Waals surface area contributed by atoms with Gasteiger partial charge in [-0.05, 0) is 42.7 Å². The second-order valence-electron chi connectivity index (χ2n) is 5.49. The molecule has 134 valence electrons. The first kappa shape index (κ1) is 19.4. The zero-order valence-electron chi connectivity index (χ0n) is 13.9. The van der Waals surface area contributed by atoms with E-state index in [9.17, 15) is 13.2 Å². The number of esters is 1. The molecule has 8 heteroatoms. The van der Waals surface area contributed by atoms with Gasteiger partial charge in [0.1, 0.15) is 0 Å². The minimum atomic E-state index is -2.75. The predicted octanol–water partition coefficient (Wildman–Crippen LogP) is 2.40. The lowest BCUT2D eigenvalue weighted by atomic mass is 10.1. The minimum Gasteiger partial charge on any atom is -0.465 e. The standard InChI is InChI=1S/C17H19ClN2O4S/c1-12-3-4-13(9-16(12)18)7-8-20(25(22)23)11-15-6-5-14(10-19-15)17(21)24-2/h3-6,9-10,25H,7-8,11H2,1-2H3. The molecule has 0 saturated heterocycles. The lowest BCUT2D eigenvalue weighted by Crippen LogP contribution is -2.24. The molecule has 25 heavy (non-hydrogen) atoms. The number of aryl methyl sites for hydroxylation is 1. The second kappa shape index (κ2) is 8.94. The van der Waals surface area contributed by atoms with Crippen molar-refractivity contribution in [3.63, 3.8) is 0 Å². The van der Waals surface area contributed by atoms with E-state index in [2.05, 4.69) is 9.72 Å². The fourth-order valence-electron chi connectivity index (χ4n) is 2.21. The maximum absolute atomic E-state index is 11.5. The van der Waals surface area contributed by atoms with Gasteiger partial charge in [0, 0.05) is 17.8 Å². The number of hydrogen-bond donors (Lipinski definition) is 1. The lowest BCUT2D eigenvalue weighted by molar-refractivity contribution is 0.0600. The minimum absolute atomic E-state index is 0.139. The summed E-state index contributed by atoms with van der Waals surface area (Å²) in [6.07, 6.45) is 1.92. The highest BCUT2D eigenvalue weighted by atomic mass is 35.5. The van der Waals surface area contributed by atoms with Gasteiger partial charge >= 0.3 is 5.97 Å². The molecule has 0 spiro atoms. The van der Waals surface area contributed by atoms with Gasteiger partial charge in [-0.2, -0.15) is 4.31 Å². The summed E-state index contributed by atoms with van der Waals surface area (Å²) in [6, 6.07) is 8.86. The summed E-state index contributed by atoms with van der Waals surface area (Å²) < 4.78 is 28.9. The molecule has 0 atom stereocenters. The zero-order valence-corrected chi connectivity index (χ0v) is 15.6. The van der Waals surface area contributed by atoms with Gasteiger partial charge in [-0.3, -0.25) is 4.98 Å². The molecule has 1 aromatic heterocycles. The number of thiol groups is 1. The average molecular weight is 383 g/mol. The highest BCUT2D eigenvalue weighted by molar-refractivity contribution is 7.69. The van der Waals surface area contributed by atoms with Gasteiger partial charge in [0.2, 0.25) is 10.9 Å². The lowest BCUT2D eigenvalue weighted by Gasteiger charge is -2.15. The zero-order chi connectivity index (χ0) is 18.4. The number of benzene rings is 1. The van der Waals surface area contributed by atoms with Crippen LogP contribution in [-0.2, 0) is 28.6 Å². The Labute approximate surface area is 153 Å². The van der Waals surface area contributed by atoms with Crippen LogP contribution in [0.15, 0.2) is 36.5 Å². The molecule has 0 bridgehead atoms. The van der Waals surface area contributed by atoms with Crippen molar-refractivity contribution in [2.24, 2.45) is 0 Å². The number of pyridine rings is 1. The molecular formula is C17H19ClN2O4S. The number of carbonyl (C=O) groups is 1. The molecule has 0 amide bonds. The number of carbonyl (C=O) groups excluding carboxylic acids is 1. The van der Waals surface area contributed by atoms with E-state index >= 15 is 0 Å². The Morgan fingerprint density at radius 1 is 1.28 bits per heavy atom. The van der Waals surface area contributed by atoms with E-state index in [-0.39, 0.29) is 6.54 Å². The van der Waals surface area contributed by atoms with Crippen molar-refractivity contribution < 1.29 is 17.9 Å². The summed E-state index contributed by atoms with van der Waals surface area (Å²) in [4.78, 5) is 15.5. The van der Waals surface area contributed by atoms with Crippen LogP contribution in [0.2, 0.25) is 5.02 Å². The van der Waals surface area contributed by atoms with Crippen molar-refractivity contribution in [2.45, 2.75) is 19.9 Å². The summed E-state index contributed by atoms with van der Waals surface area (Å²) in [5.41, 5.74) is 2.81. The molecule has 0 aliphatic heterocycles. The Bertz CT molecular complexity index is 814. The predicted molar refractivity (Wildman–Crippen MR) is 96.2 cm³/mol. The fraction of sp³-hybridized carbons (Fsp3) is 0.294. The molecule has 6 nitrogen and oxygen atoms in total. The largest absolute Gasteiger partial charge is 0.465 e. The molecule has 2 aromatic rings. The first-order chi connectivity index (χ1) is 11.9. The quantitative estimate of drug-likeness (QED) is 0.587. The van der Waals surface area contributed by atoms with Crippen molar-refractivity contribution >= 4 is 28.5 Å². The van der Waals surface area contributed by atoms with Crippen LogP contribution in [0.1, 0.15) is 27.2 Å². The number of aromatic nitrogens is 1. The topological polar surface area (TPSA) is 76.6 Å². The third kappa shape index (κ3) is 5.52. The van der Waals surface area contributed by atoms with Crippen LogP contribution < -0.4 is 0 Å². The maximum Gasteiger partial charge on any atom is 0.339 e. The Morgan fingerprint density at radius 2 is 2.04 bits per heavy atom. The van der Waals surface area contributed by atoms with Gasteiger partial charge in [0.25, 0.3) is 0 Å². The van der Waals surface area contributed by atoms with Gasteiger partial charge < -0.3 is 4.74 Å². The summed E-state index contributed by atoms with van der Waals surface area (Å²) >= 11 is 6.09. The van der Waals surface area contributed by atoms with Crippen molar-refractivity contribution in [1.29, 1.82) is 0 Å². The summed E-state index contributed by atoms with van der Waals surface area (Å²) in [6.45, 7) is 2.37. The molecule has 1 aromatic carbocycles. The fourth-order valence-corrected chi connectivity index (χ4v) is 2.94. The number of hydrogen-bond acceptors (Lipinski definition) is 5. The Morgan fingerprint density at radius 3 is 2.60 bits per heavy atom. The molecule has 0 unspecified atom stereocenters. The van der Waals surface area contributed by atoms with Crippen molar-refractivity contribution in [2.75, 3.05) is 13.7 Å². The van der Waals surface area contributed by atoms with Crippen LogP contribution in [0.5, 0.6) is 0 Å². The van der Waals surface area contributed by atoms with Crippen molar-refractivity contribution in [3.05, 3.63) is 63.9 Å². The van der Waals surface area contributed by atoms with E-state index < -0.39 is 16.9 Å². The normalized spacial score (nSPS) is 11.1. The number of halogens is 1. The van der Waals surface area contributed by atoms with Crippen molar-refractivity contribution in [3.8, 4) is 0 Å². The number of methoxy groups -OCH3 is 1. The van der Waals surface area contributed by atoms with E-state index in [1.165, 1.54) is 17.6 Å². The Kier molecular flexibility index (Phi) is 6.92. The van der Waals surface area contributed by atoms with Gasteiger partial charge in [0.05, 0.1) is 24.9 Å². The van der Waals surface area contributed by atoms with Crippen molar-refractivity contribution in [1.82, 2.24) is 9.29 Å². The van der Waals surface area contributed by atoms with E-state index in [4.69, 9.17) is 11.6 Å². The molecule has 0 saturated carbocycles. The molecule has 0 aliphatic rings. The Balaban J connectivity index is 2.03. The van der Waals surface area contributed by atoms with Crippen LogP contribution in [0, 0.1) is 6.92 Å². The molecule has 2 rings (SSSR count). The van der Waals surface area contributed by atoms with Gasteiger partial charge in [-0.15, -0.1) is 0 Å². The van der Waals surface area contributed by atoms with Crippen LogP contribution in [0.25, 0.3) is 0 Å². The molecule has 0 radical (unpaired) electrons. The molecule has 0 aliphatic carbocycles. The van der Waals surface area contributed by atoms with Crippen LogP contribution in [0.3, 0.4) is 0 Å². The monoisotopic (exact) mass is 382 g/mol. The first-order valence-electron chi connectivity index (χ1n) is 7.58. The Hall–Kier alpha value is -1.96. The van der Waals surface area contributed by atoms with E-state index in [1.807, 2.05) is 25.1 Å². The highest BCUT2D eigenvalue weighted by Crippen LogP contribution is 2.17. The second-order valence-corrected chi connectivity index (χ2v) is 6.94. The maximum atomic E-state index is 11.5. The van der Waals surface area contributed by atoms with Gasteiger partial charge in [0.15, 0.2) is 0 Å². The van der Waals surface area contributed by atoms with Crippen LogP contribution in [-0.4, -0.2) is 37.3 Å². The summed E-state index contributed by atoms with van der Waals surface area (Å²) in [7, 11) is -1.46. The number of ether oxygens (including phenoxy) is 1. The first-order valence-corrected chi connectivity index (χ1v) is 9.09. The SMILES string of the molecule is COC(=O)c1ccc(CN(CCc2ccc(C)c(Cl)c2)[SH](=O)=O)nc1. The third-order valence-electron chi connectivity index (χ3n) is 3.72. The highest BCUT2D eigenvalue weighted by Gasteiger charge is 2.11. The molecule has 0 fully saturated rings. The molecule has 1 heterocycles. The van der Waals surface area contributed by atoms with Gasteiger partial charge in [-0.25, -0.2) is 13.2 Å². The van der Waals surface area contributed by atoms with E-state index in [1.54, 1.807) is 12.1 Å². The smallest absolute Gasteiger partial charge is 0.339 e. The number of nitrogens with zero attached hydrogens (tertiary/aromatic N) is 2. The van der Waals surface area contributed by atoms with E-state index in [0.29, 0.717) is 29.2 Å². The van der Waals surface area contributed by atoms with Gasteiger partial charge in [-0.1, -0.05) is 23.7 Å². The number of rotatable bonds is 7.